The number of imidazole rings is 1. The number of carbonyl (C=O) groups is 1. The summed E-state index contributed by atoms with van der Waals surface area (Å²) < 4.78 is 18.4. The monoisotopic (exact) mass is 370 g/mol. The van der Waals surface area contributed by atoms with Crippen molar-refractivity contribution in [3.8, 4) is 0 Å². The van der Waals surface area contributed by atoms with Crippen LogP contribution in [0.1, 0.15) is 15.7 Å². The Morgan fingerprint density at radius 2 is 1.88 bits per heavy atom. The highest BCUT2D eigenvalue weighted by atomic mass is 32.1. The number of hydrogen-bond donors (Lipinski definition) is 0. The largest absolute Gasteiger partial charge is 0.371 e. The first-order valence-electron chi connectivity index (χ1n) is 8.64. The molecule has 7 nitrogen and oxygen atoms in total. The normalized spacial score (nSPS) is 23.9. The molecule has 0 spiro atoms. The molecule has 0 bridgehead atoms. The maximum atomic E-state index is 12.5. The minimum Gasteiger partial charge on any atom is -0.371 e. The molecule has 134 valence electrons. The lowest BCUT2D eigenvalue weighted by Crippen LogP contribution is -2.30. The van der Waals surface area contributed by atoms with Crippen molar-refractivity contribution in [1.29, 1.82) is 0 Å². The van der Waals surface area contributed by atoms with E-state index in [1.165, 1.54) is 11.5 Å². The third-order valence-electron chi connectivity index (χ3n) is 5.03. The summed E-state index contributed by atoms with van der Waals surface area (Å²) in [5, 5.41) is 0. The van der Waals surface area contributed by atoms with Crippen molar-refractivity contribution in [2.75, 3.05) is 26.3 Å². The standard InChI is InChI=1S/C18H18N4O3S/c23-18(17-5-6-20-26-17)21-7-15-16(8-21)25-10-12(9-24-15)22-11-19-13-3-1-2-4-14(13)22/h1-6,11-12,15-16H,7-10H2/t15-,16-/m0/s1. The predicted molar refractivity (Wildman–Crippen MR) is 96.3 cm³/mol. The summed E-state index contributed by atoms with van der Waals surface area (Å²) in [6.07, 6.45) is 3.32. The number of rotatable bonds is 2. The molecule has 2 aliphatic rings. The van der Waals surface area contributed by atoms with Crippen molar-refractivity contribution < 1.29 is 14.3 Å². The van der Waals surface area contributed by atoms with Crippen molar-refractivity contribution in [3.05, 3.63) is 47.7 Å². The highest BCUT2D eigenvalue weighted by Gasteiger charge is 2.40. The summed E-state index contributed by atoms with van der Waals surface area (Å²) in [7, 11) is 0. The maximum Gasteiger partial charge on any atom is 0.265 e. The van der Waals surface area contributed by atoms with Gasteiger partial charge in [0.2, 0.25) is 0 Å². The molecule has 0 unspecified atom stereocenters. The molecule has 2 aliphatic heterocycles. The van der Waals surface area contributed by atoms with Gasteiger partial charge in [0.15, 0.2) is 0 Å². The smallest absolute Gasteiger partial charge is 0.265 e. The van der Waals surface area contributed by atoms with Crippen LogP contribution in [0.2, 0.25) is 0 Å². The van der Waals surface area contributed by atoms with Gasteiger partial charge in [0.05, 0.1) is 36.6 Å². The van der Waals surface area contributed by atoms with Crippen molar-refractivity contribution in [2.24, 2.45) is 0 Å². The molecule has 2 saturated heterocycles. The fourth-order valence-electron chi connectivity index (χ4n) is 3.66. The fourth-order valence-corrected chi connectivity index (χ4v) is 4.22. The minimum absolute atomic E-state index is 0.00456. The van der Waals surface area contributed by atoms with Crippen LogP contribution in [-0.4, -0.2) is 63.2 Å². The number of nitrogens with zero attached hydrogens (tertiary/aromatic N) is 4. The molecule has 8 heteroatoms. The quantitative estimate of drug-likeness (QED) is 0.690. The van der Waals surface area contributed by atoms with Gasteiger partial charge in [-0.1, -0.05) is 12.1 Å². The molecular formula is C18H18N4O3S. The zero-order chi connectivity index (χ0) is 17.5. The molecule has 3 aromatic rings. The van der Waals surface area contributed by atoms with E-state index in [1.54, 1.807) is 17.2 Å². The Hall–Kier alpha value is -2.29. The van der Waals surface area contributed by atoms with Crippen LogP contribution in [0.15, 0.2) is 42.9 Å². The second-order valence-electron chi connectivity index (χ2n) is 6.62. The van der Waals surface area contributed by atoms with Crippen molar-refractivity contribution in [2.45, 2.75) is 18.2 Å². The zero-order valence-corrected chi connectivity index (χ0v) is 14.8. The summed E-state index contributed by atoms with van der Waals surface area (Å²) in [5.74, 6) is 0.00456. The molecule has 0 radical (unpaired) electrons. The van der Waals surface area contributed by atoms with Crippen molar-refractivity contribution in [3.63, 3.8) is 0 Å². The van der Waals surface area contributed by atoms with Crippen molar-refractivity contribution >= 4 is 28.5 Å². The van der Waals surface area contributed by atoms with Crippen LogP contribution in [-0.2, 0) is 9.47 Å². The first-order chi connectivity index (χ1) is 12.8. The van der Waals surface area contributed by atoms with E-state index in [1.807, 2.05) is 24.5 Å². The Balaban J connectivity index is 1.29. The Bertz CT molecular complexity index is 910. The maximum absolute atomic E-state index is 12.5. The summed E-state index contributed by atoms with van der Waals surface area (Å²) in [5.41, 5.74) is 2.05. The van der Waals surface area contributed by atoms with E-state index in [0.717, 1.165) is 11.0 Å². The third-order valence-corrected chi connectivity index (χ3v) is 5.77. The third kappa shape index (κ3) is 2.70. The van der Waals surface area contributed by atoms with E-state index in [4.69, 9.17) is 9.47 Å². The van der Waals surface area contributed by atoms with Crippen LogP contribution in [0.3, 0.4) is 0 Å². The van der Waals surface area contributed by atoms with E-state index in [2.05, 4.69) is 20.0 Å². The number of para-hydroxylation sites is 2. The van der Waals surface area contributed by atoms with E-state index >= 15 is 0 Å². The number of benzene rings is 1. The first-order valence-corrected chi connectivity index (χ1v) is 9.41. The van der Waals surface area contributed by atoms with Crippen LogP contribution < -0.4 is 0 Å². The Labute approximate surface area is 154 Å². The van der Waals surface area contributed by atoms with E-state index < -0.39 is 0 Å². The number of amides is 1. The number of ether oxygens (including phenoxy) is 2. The molecule has 4 heterocycles. The number of hydrogen-bond acceptors (Lipinski definition) is 6. The van der Waals surface area contributed by atoms with Gasteiger partial charge in [-0.2, -0.15) is 0 Å². The van der Waals surface area contributed by atoms with Gasteiger partial charge in [-0.15, -0.1) is 0 Å². The van der Waals surface area contributed by atoms with Crippen LogP contribution in [0.5, 0.6) is 0 Å². The molecule has 0 aliphatic carbocycles. The second kappa shape index (κ2) is 6.46. The Kier molecular flexibility index (Phi) is 3.96. The molecule has 0 saturated carbocycles. The highest BCUT2D eigenvalue weighted by Crippen LogP contribution is 2.27. The van der Waals surface area contributed by atoms with Gasteiger partial charge < -0.3 is 18.9 Å². The van der Waals surface area contributed by atoms with Gasteiger partial charge in [-0.05, 0) is 29.7 Å². The van der Waals surface area contributed by atoms with Gasteiger partial charge in [-0.25, -0.2) is 9.36 Å². The lowest BCUT2D eigenvalue weighted by Gasteiger charge is -2.19. The molecule has 2 atom stereocenters. The summed E-state index contributed by atoms with van der Waals surface area (Å²) >= 11 is 1.22. The highest BCUT2D eigenvalue weighted by molar-refractivity contribution is 7.08. The lowest BCUT2D eigenvalue weighted by atomic mass is 10.2. The lowest BCUT2D eigenvalue weighted by molar-refractivity contribution is -0.00461. The Morgan fingerprint density at radius 1 is 1.12 bits per heavy atom. The van der Waals surface area contributed by atoms with Crippen molar-refractivity contribution in [1.82, 2.24) is 18.8 Å². The summed E-state index contributed by atoms with van der Waals surface area (Å²) in [6.45, 7) is 2.20. The topological polar surface area (TPSA) is 69.5 Å². The molecule has 1 amide bonds. The number of carbonyl (C=O) groups excluding carboxylic acids is 1. The average Bonchev–Trinajstić information content (AvgIpc) is 3.39. The van der Waals surface area contributed by atoms with Crippen LogP contribution in [0.25, 0.3) is 11.0 Å². The second-order valence-corrected chi connectivity index (χ2v) is 7.46. The predicted octanol–water partition coefficient (Wildman–Crippen LogP) is 1.97. The number of aromatic nitrogens is 3. The molecule has 1 aromatic carbocycles. The van der Waals surface area contributed by atoms with E-state index in [0.29, 0.717) is 31.2 Å². The van der Waals surface area contributed by atoms with Gasteiger partial charge in [0.25, 0.3) is 5.91 Å². The van der Waals surface area contributed by atoms with E-state index in [-0.39, 0.29) is 24.2 Å². The molecule has 2 fully saturated rings. The van der Waals surface area contributed by atoms with Crippen LogP contribution >= 0.6 is 11.5 Å². The summed E-state index contributed by atoms with van der Waals surface area (Å²) in [4.78, 5) is 19.4. The van der Waals surface area contributed by atoms with Crippen LogP contribution in [0.4, 0.5) is 0 Å². The fraction of sp³-hybridized carbons (Fsp3) is 0.389. The molecule has 5 rings (SSSR count). The molecular weight excluding hydrogens is 352 g/mol. The molecule has 2 aromatic heterocycles. The molecule has 26 heavy (non-hydrogen) atoms. The van der Waals surface area contributed by atoms with Gasteiger partial charge in [-0.3, -0.25) is 4.79 Å². The Morgan fingerprint density at radius 3 is 2.62 bits per heavy atom. The zero-order valence-electron chi connectivity index (χ0n) is 14.0. The SMILES string of the molecule is O=C(c1ccns1)N1C[C@@H]2OCC(n3cnc4ccccc43)CO[C@H]2C1. The van der Waals surface area contributed by atoms with E-state index in [9.17, 15) is 4.79 Å². The van der Waals surface area contributed by atoms with Gasteiger partial charge in [0, 0.05) is 19.3 Å². The number of likely N-dealkylation sites (tertiary alicyclic amines) is 1. The number of fused-ring (bicyclic) bond motifs is 2. The summed E-state index contributed by atoms with van der Waals surface area (Å²) in [6, 6.07) is 9.89. The molecule has 0 N–H and O–H groups in total. The van der Waals surface area contributed by atoms with Gasteiger partial charge >= 0.3 is 0 Å². The van der Waals surface area contributed by atoms with Crippen LogP contribution in [0, 0.1) is 0 Å². The average molecular weight is 370 g/mol. The minimum atomic E-state index is -0.0911. The van der Waals surface area contributed by atoms with Gasteiger partial charge in [0.1, 0.15) is 17.1 Å². The first kappa shape index (κ1) is 15.9.